The number of carbonyl (C=O) groups is 1. The molecule has 1 rings (SSSR count). The lowest BCUT2D eigenvalue weighted by atomic mass is 10.1. The van der Waals surface area contributed by atoms with Gasteiger partial charge in [-0.05, 0) is 19.3 Å². The van der Waals surface area contributed by atoms with Crippen LogP contribution in [-0.4, -0.2) is 22.0 Å². The number of imidazole rings is 1. The number of rotatable bonds is 5. The molecule has 1 N–H and O–H groups in total. The van der Waals surface area contributed by atoms with E-state index in [4.69, 9.17) is 10.5 Å². The average Bonchev–Trinajstić information content (AvgIpc) is 2.79. The van der Waals surface area contributed by atoms with E-state index < -0.39 is 6.04 Å². The zero-order valence-electron chi connectivity index (χ0n) is 11.3. The quantitative estimate of drug-likeness (QED) is 0.863. The van der Waals surface area contributed by atoms with Gasteiger partial charge in [0.15, 0.2) is 11.4 Å². The van der Waals surface area contributed by atoms with Gasteiger partial charge >= 0.3 is 0 Å². The standard InChI is InChI=1S/C13H17N5O/c1-9(2)4-5-16-13(19)10(3)18-8-17-11(6-14)12(18)7-15/h8-10H,4-5H2,1-3H3,(H,16,19). The van der Waals surface area contributed by atoms with Crippen molar-refractivity contribution in [1.82, 2.24) is 14.9 Å². The van der Waals surface area contributed by atoms with Crippen LogP contribution in [-0.2, 0) is 4.79 Å². The molecular formula is C13H17N5O. The molecule has 100 valence electrons. The lowest BCUT2D eigenvalue weighted by molar-refractivity contribution is -0.123. The number of nitriles is 2. The van der Waals surface area contributed by atoms with Gasteiger partial charge in [0.05, 0.1) is 6.33 Å². The van der Waals surface area contributed by atoms with Crippen molar-refractivity contribution in [3.05, 3.63) is 17.7 Å². The van der Waals surface area contributed by atoms with Crippen LogP contribution >= 0.6 is 0 Å². The van der Waals surface area contributed by atoms with Gasteiger partial charge in [-0.25, -0.2) is 4.98 Å². The van der Waals surface area contributed by atoms with Crippen molar-refractivity contribution in [1.29, 1.82) is 10.5 Å². The Bertz CT molecular complexity index is 532. The molecule has 1 unspecified atom stereocenters. The highest BCUT2D eigenvalue weighted by Gasteiger charge is 2.20. The highest BCUT2D eigenvalue weighted by atomic mass is 16.2. The highest BCUT2D eigenvalue weighted by Crippen LogP contribution is 2.13. The first kappa shape index (κ1) is 14.7. The van der Waals surface area contributed by atoms with E-state index in [0.717, 1.165) is 6.42 Å². The van der Waals surface area contributed by atoms with Crippen molar-refractivity contribution in [3.63, 3.8) is 0 Å². The highest BCUT2D eigenvalue weighted by molar-refractivity contribution is 5.80. The summed E-state index contributed by atoms with van der Waals surface area (Å²) in [4.78, 5) is 15.8. The molecule has 0 saturated heterocycles. The monoisotopic (exact) mass is 259 g/mol. The third kappa shape index (κ3) is 3.56. The first-order valence-electron chi connectivity index (χ1n) is 6.16. The Morgan fingerprint density at radius 2 is 2.11 bits per heavy atom. The van der Waals surface area contributed by atoms with Crippen molar-refractivity contribution in [2.75, 3.05) is 6.54 Å². The van der Waals surface area contributed by atoms with E-state index in [2.05, 4.69) is 24.1 Å². The Hall–Kier alpha value is -2.34. The van der Waals surface area contributed by atoms with Gasteiger partial charge in [0.2, 0.25) is 5.91 Å². The molecule has 0 spiro atoms. The molecule has 19 heavy (non-hydrogen) atoms. The second-order valence-corrected chi connectivity index (χ2v) is 4.72. The maximum absolute atomic E-state index is 11.9. The smallest absolute Gasteiger partial charge is 0.242 e. The zero-order valence-corrected chi connectivity index (χ0v) is 11.3. The van der Waals surface area contributed by atoms with Crippen LogP contribution < -0.4 is 5.32 Å². The minimum atomic E-state index is -0.559. The summed E-state index contributed by atoms with van der Waals surface area (Å²) in [5.41, 5.74) is 0.165. The van der Waals surface area contributed by atoms with Crippen LogP contribution in [0.2, 0.25) is 0 Å². The number of hydrogen-bond donors (Lipinski definition) is 1. The maximum atomic E-state index is 11.9. The lowest BCUT2D eigenvalue weighted by Gasteiger charge is -2.14. The second kappa shape index (κ2) is 6.55. The molecule has 0 fully saturated rings. The predicted octanol–water partition coefficient (Wildman–Crippen LogP) is 1.35. The third-order valence-electron chi connectivity index (χ3n) is 2.82. The molecule has 1 aromatic heterocycles. The Labute approximate surface area is 112 Å². The van der Waals surface area contributed by atoms with E-state index in [-0.39, 0.29) is 17.3 Å². The Balaban J connectivity index is 2.76. The Morgan fingerprint density at radius 1 is 1.42 bits per heavy atom. The molecule has 1 amide bonds. The molecule has 6 nitrogen and oxygen atoms in total. The molecule has 0 radical (unpaired) electrons. The SMILES string of the molecule is CC(C)CCNC(=O)C(C)n1cnc(C#N)c1C#N. The van der Waals surface area contributed by atoms with E-state index in [1.54, 1.807) is 6.92 Å². The largest absolute Gasteiger partial charge is 0.354 e. The summed E-state index contributed by atoms with van der Waals surface area (Å²) in [6.07, 6.45) is 2.25. The number of aromatic nitrogens is 2. The fraction of sp³-hybridized carbons (Fsp3) is 0.538. The summed E-state index contributed by atoms with van der Waals surface area (Å²) in [7, 11) is 0. The molecule has 0 aromatic carbocycles. The topological polar surface area (TPSA) is 94.5 Å². The van der Waals surface area contributed by atoms with Crippen LogP contribution in [0.15, 0.2) is 6.33 Å². The predicted molar refractivity (Wildman–Crippen MR) is 68.8 cm³/mol. The van der Waals surface area contributed by atoms with Crippen LogP contribution in [0.5, 0.6) is 0 Å². The second-order valence-electron chi connectivity index (χ2n) is 4.72. The first-order chi connectivity index (χ1) is 9.01. The van der Waals surface area contributed by atoms with Gasteiger partial charge in [-0.3, -0.25) is 4.79 Å². The molecule has 1 heterocycles. The number of nitrogens with one attached hydrogen (secondary N) is 1. The fourth-order valence-corrected chi connectivity index (χ4v) is 1.61. The van der Waals surface area contributed by atoms with Crippen LogP contribution in [0.1, 0.15) is 44.6 Å². The van der Waals surface area contributed by atoms with Crippen LogP contribution in [0.4, 0.5) is 0 Å². The van der Waals surface area contributed by atoms with Crippen LogP contribution in [0.3, 0.4) is 0 Å². The molecular weight excluding hydrogens is 242 g/mol. The van der Waals surface area contributed by atoms with E-state index in [1.165, 1.54) is 10.9 Å². The van der Waals surface area contributed by atoms with Crippen molar-refractivity contribution >= 4 is 5.91 Å². The minimum absolute atomic E-state index is 0.0457. The zero-order chi connectivity index (χ0) is 14.4. The van der Waals surface area contributed by atoms with Crippen molar-refractivity contribution in [3.8, 4) is 12.1 Å². The molecule has 0 aliphatic heterocycles. The van der Waals surface area contributed by atoms with Crippen molar-refractivity contribution < 1.29 is 4.79 Å². The Kier molecular flexibility index (Phi) is 5.08. The molecule has 1 aromatic rings. The van der Waals surface area contributed by atoms with E-state index >= 15 is 0 Å². The normalized spacial score (nSPS) is 11.7. The molecule has 0 aliphatic rings. The van der Waals surface area contributed by atoms with Crippen molar-refractivity contribution in [2.45, 2.75) is 33.2 Å². The van der Waals surface area contributed by atoms with Crippen LogP contribution in [0, 0.1) is 28.6 Å². The van der Waals surface area contributed by atoms with E-state index in [0.29, 0.717) is 12.5 Å². The van der Waals surface area contributed by atoms with Gasteiger partial charge in [-0.2, -0.15) is 10.5 Å². The number of carbonyl (C=O) groups excluding carboxylic acids is 1. The molecule has 0 aliphatic carbocycles. The summed E-state index contributed by atoms with van der Waals surface area (Å²) in [6, 6.07) is 3.18. The van der Waals surface area contributed by atoms with Crippen molar-refractivity contribution in [2.24, 2.45) is 5.92 Å². The van der Waals surface area contributed by atoms with Gasteiger partial charge in [0, 0.05) is 6.54 Å². The molecule has 1 atom stereocenters. The molecule has 0 bridgehead atoms. The fourth-order valence-electron chi connectivity index (χ4n) is 1.61. The van der Waals surface area contributed by atoms with Gasteiger partial charge in [0.1, 0.15) is 18.2 Å². The van der Waals surface area contributed by atoms with Gasteiger partial charge in [-0.15, -0.1) is 0 Å². The number of amides is 1. The van der Waals surface area contributed by atoms with E-state index in [1.807, 2.05) is 12.1 Å². The third-order valence-corrected chi connectivity index (χ3v) is 2.82. The maximum Gasteiger partial charge on any atom is 0.242 e. The summed E-state index contributed by atoms with van der Waals surface area (Å²) in [5, 5.41) is 20.6. The summed E-state index contributed by atoms with van der Waals surface area (Å²) in [6.45, 7) is 6.44. The summed E-state index contributed by atoms with van der Waals surface area (Å²) in [5.74, 6) is 0.336. The van der Waals surface area contributed by atoms with Gasteiger partial charge in [-0.1, -0.05) is 13.8 Å². The van der Waals surface area contributed by atoms with Gasteiger partial charge < -0.3 is 9.88 Å². The minimum Gasteiger partial charge on any atom is -0.354 e. The number of hydrogen-bond acceptors (Lipinski definition) is 4. The van der Waals surface area contributed by atoms with Gasteiger partial charge in [0.25, 0.3) is 0 Å². The summed E-state index contributed by atoms with van der Waals surface area (Å²) >= 11 is 0. The lowest BCUT2D eigenvalue weighted by Crippen LogP contribution is -2.32. The Morgan fingerprint density at radius 3 is 2.63 bits per heavy atom. The first-order valence-corrected chi connectivity index (χ1v) is 6.16. The van der Waals surface area contributed by atoms with E-state index in [9.17, 15) is 4.79 Å². The average molecular weight is 259 g/mol. The summed E-state index contributed by atoms with van der Waals surface area (Å²) < 4.78 is 1.42. The molecule has 6 heteroatoms. The number of nitrogens with zero attached hydrogens (tertiary/aromatic N) is 4. The van der Waals surface area contributed by atoms with Crippen LogP contribution in [0.25, 0.3) is 0 Å². The molecule has 0 saturated carbocycles.